The number of carbonyl (C=O) groups is 3. The first-order chi connectivity index (χ1) is 16.4. The van der Waals surface area contributed by atoms with E-state index in [1.807, 2.05) is 51.1 Å². The monoisotopic (exact) mass is 479 g/mol. The Morgan fingerprint density at radius 3 is 2.11 bits per heavy atom. The van der Waals surface area contributed by atoms with Gasteiger partial charge in [0.1, 0.15) is 17.7 Å². The minimum absolute atomic E-state index is 0.531. The number of amides is 3. The molecule has 2 aromatic rings. The van der Waals surface area contributed by atoms with Gasteiger partial charge in [-0.05, 0) is 69.9 Å². The van der Waals surface area contributed by atoms with Crippen LogP contribution in [0.5, 0.6) is 0 Å². The lowest BCUT2D eigenvalue weighted by Gasteiger charge is -2.31. The van der Waals surface area contributed by atoms with Crippen LogP contribution in [0.3, 0.4) is 0 Å². The summed E-state index contributed by atoms with van der Waals surface area (Å²) in [6.07, 6.45) is 4.85. The maximum atomic E-state index is 13.6. The van der Waals surface area contributed by atoms with Gasteiger partial charge in [-0.1, -0.05) is 42.8 Å². The van der Waals surface area contributed by atoms with E-state index >= 15 is 0 Å². The number of ether oxygens (including phenoxy) is 1. The zero-order valence-corrected chi connectivity index (χ0v) is 21.0. The number of anilines is 1. The summed E-state index contributed by atoms with van der Waals surface area (Å²) in [5.74, 6) is -1.36. The van der Waals surface area contributed by atoms with E-state index in [2.05, 4.69) is 16.7 Å². The molecule has 0 aliphatic carbocycles. The molecule has 2 atom stereocenters. The number of para-hydroxylation sites is 1. The Morgan fingerprint density at radius 2 is 1.60 bits per heavy atom. The normalized spacial score (nSPS) is 12.6. The smallest absolute Gasteiger partial charge is 0.408 e. The first-order valence-electron chi connectivity index (χ1n) is 11.2. The van der Waals surface area contributed by atoms with Crippen molar-refractivity contribution in [3.63, 3.8) is 0 Å². The fourth-order valence-electron chi connectivity index (χ4n) is 3.62. The van der Waals surface area contributed by atoms with Crippen LogP contribution in [0, 0.1) is 33.2 Å². The van der Waals surface area contributed by atoms with Crippen LogP contribution in [0.25, 0.3) is 0 Å². The molecule has 8 nitrogen and oxygen atoms in total. The molecule has 35 heavy (non-hydrogen) atoms. The lowest BCUT2D eigenvalue weighted by Crippen LogP contribution is -2.52. The van der Waals surface area contributed by atoms with Gasteiger partial charge >= 0.3 is 6.09 Å². The van der Waals surface area contributed by atoms with E-state index in [1.54, 1.807) is 32.9 Å². The van der Waals surface area contributed by atoms with Crippen molar-refractivity contribution >= 4 is 23.6 Å². The molecule has 2 rings (SSSR count). The van der Waals surface area contributed by atoms with E-state index in [0.717, 1.165) is 21.6 Å². The van der Waals surface area contributed by atoms with Crippen LogP contribution in [-0.4, -0.2) is 46.2 Å². The summed E-state index contributed by atoms with van der Waals surface area (Å²) in [5, 5.41) is 15.1. The van der Waals surface area contributed by atoms with Crippen LogP contribution in [0.15, 0.2) is 42.5 Å². The van der Waals surface area contributed by atoms with Crippen molar-refractivity contribution in [2.75, 3.05) is 11.9 Å². The number of aryl methyl sites for hydroxylation is 3. The van der Waals surface area contributed by atoms with Gasteiger partial charge in [-0.2, -0.15) is 0 Å². The Morgan fingerprint density at radius 1 is 1.03 bits per heavy atom. The summed E-state index contributed by atoms with van der Waals surface area (Å²) in [7, 11) is 0. The molecule has 0 radical (unpaired) electrons. The summed E-state index contributed by atoms with van der Waals surface area (Å²) in [6, 6.07) is 12.4. The predicted molar refractivity (Wildman–Crippen MR) is 134 cm³/mol. The Bertz CT molecular complexity index is 1110. The van der Waals surface area contributed by atoms with Gasteiger partial charge in [0.25, 0.3) is 11.8 Å². The van der Waals surface area contributed by atoms with Crippen molar-refractivity contribution in [3.05, 3.63) is 64.7 Å². The third kappa shape index (κ3) is 7.08. The number of carbonyl (C=O) groups excluding carboxylic acids is 3. The number of terminal acetylenes is 1. The van der Waals surface area contributed by atoms with Gasteiger partial charge in [-0.15, -0.1) is 0 Å². The molecule has 186 valence electrons. The van der Waals surface area contributed by atoms with Crippen molar-refractivity contribution in [2.24, 2.45) is 0 Å². The van der Waals surface area contributed by atoms with Gasteiger partial charge in [0, 0.05) is 11.7 Å². The molecule has 3 amide bonds. The van der Waals surface area contributed by atoms with Crippen LogP contribution >= 0.6 is 0 Å². The number of rotatable bonds is 7. The number of nitrogens with zero attached hydrogens (tertiary/aromatic N) is 1. The molecule has 0 fully saturated rings. The second-order valence-electron chi connectivity index (χ2n) is 9.23. The van der Waals surface area contributed by atoms with Crippen LogP contribution in [-0.2, 0) is 14.3 Å². The van der Waals surface area contributed by atoms with E-state index in [0.29, 0.717) is 11.3 Å². The van der Waals surface area contributed by atoms with Crippen molar-refractivity contribution in [3.8, 4) is 12.5 Å². The number of hydrogen-bond donors (Lipinski definition) is 3. The SMILES string of the molecule is C#CN(C(=O)C(CO)NC(=O)OC(C)(C)C)C(C(=O)Nc1ccccc1C)c1c(C)cccc1C. The van der Waals surface area contributed by atoms with Crippen LogP contribution in [0.2, 0.25) is 0 Å². The Kier molecular flexibility index (Phi) is 9.04. The zero-order valence-electron chi connectivity index (χ0n) is 21.0. The van der Waals surface area contributed by atoms with Crippen LogP contribution < -0.4 is 10.6 Å². The van der Waals surface area contributed by atoms with Crippen LogP contribution in [0.4, 0.5) is 10.5 Å². The molecule has 0 heterocycles. The third-order valence-electron chi connectivity index (χ3n) is 5.27. The lowest BCUT2D eigenvalue weighted by molar-refractivity contribution is -0.137. The molecule has 0 saturated heterocycles. The Balaban J connectivity index is 2.49. The summed E-state index contributed by atoms with van der Waals surface area (Å²) >= 11 is 0. The standard InChI is InChI=1S/C27H33N3O5/c1-8-30(25(33)21(16-31)29-26(34)35-27(5,6)7)23(22-18(3)13-11-14-19(22)4)24(32)28-20-15-10-9-12-17(20)2/h1,9-15,21,23,31H,16H2,2-7H3,(H,28,32)(H,29,34). The summed E-state index contributed by atoms with van der Waals surface area (Å²) in [6.45, 7) is 9.75. The number of aliphatic hydroxyl groups excluding tert-OH is 1. The molecule has 0 aliphatic rings. The Labute approximate surface area is 206 Å². The second-order valence-corrected chi connectivity index (χ2v) is 9.23. The van der Waals surface area contributed by atoms with Gasteiger partial charge < -0.3 is 20.5 Å². The van der Waals surface area contributed by atoms with E-state index in [4.69, 9.17) is 11.2 Å². The fourth-order valence-corrected chi connectivity index (χ4v) is 3.62. The van der Waals surface area contributed by atoms with Crippen molar-refractivity contribution in [1.82, 2.24) is 10.2 Å². The highest BCUT2D eigenvalue weighted by Gasteiger charge is 2.37. The molecule has 0 spiro atoms. The van der Waals surface area contributed by atoms with E-state index in [9.17, 15) is 19.5 Å². The zero-order chi connectivity index (χ0) is 26.3. The molecule has 0 aromatic heterocycles. The number of hydrogen-bond acceptors (Lipinski definition) is 5. The molecule has 0 aliphatic heterocycles. The molecular weight excluding hydrogens is 446 g/mol. The van der Waals surface area contributed by atoms with Gasteiger partial charge in [0.15, 0.2) is 0 Å². The summed E-state index contributed by atoms with van der Waals surface area (Å²) in [5.41, 5.74) is 2.65. The first-order valence-corrected chi connectivity index (χ1v) is 11.2. The van der Waals surface area contributed by atoms with Gasteiger partial charge in [0.05, 0.1) is 6.61 Å². The maximum Gasteiger partial charge on any atom is 0.408 e. The lowest BCUT2D eigenvalue weighted by atomic mass is 9.94. The predicted octanol–water partition coefficient (Wildman–Crippen LogP) is 3.60. The topological polar surface area (TPSA) is 108 Å². The number of nitrogens with one attached hydrogen (secondary N) is 2. The quantitative estimate of drug-likeness (QED) is 0.415. The minimum Gasteiger partial charge on any atom is -0.444 e. The van der Waals surface area contributed by atoms with Crippen molar-refractivity contribution in [1.29, 1.82) is 0 Å². The summed E-state index contributed by atoms with van der Waals surface area (Å²) < 4.78 is 5.19. The highest BCUT2D eigenvalue weighted by atomic mass is 16.6. The average Bonchev–Trinajstić information content (AvgIpc) is 2.76. The average molecular weight is 480 g/mol. The number of benzene rings is 2. The first kappa shape index (κ1) is 27.4. The van der Waals surface area contributed by atoms with Gasteiger partial charge in [0.2, 0.25) is 0 Å². The molecular formula is C27H33N3O5. The van der Waals surface area contributed by atoms with Crippen LogP contribution in [0.1, 0.15) is 49.1 Å². The molecule has 2 unspecified atom stereocenters. The van der Waals surface area contributed by atoms with E-state index in [-0.39, 0.29) is 0 Å². The summed E-state index contributed by atoms with van der Waals surface area (Å²) in [4.78, 5) is 40.2. The van der Waals surface area contributed by atoms with Crippen molar-refractivity contribution in [2.45, 2.75) is 59.2 Å². The minimum atomic E-state index is -1.42. The highest BCUT2D eigenvalue weighted by molar-refractivity contribution is 6.00. The number of alkyl carbamates (subject to hydrolysis) is 1. The number of aliphatic hydroxyl groups is 1. The van der Waals surface area contributed by atoms with E-state index < -0.39 is 42.2 Å². The maximum absolute atomic E-state index is 13.6. The largest absolute Gasteiger partial charge is 0.444 e. The molecule has 3 N–H and O–H groups in total. The van der Waals surface area contributed by atoms with Gasteiger partial charge in [-0.3, -0.25) is 14.5 Å². The molecule has 0 saturated carbocycles. The second kappa shape index (κ2) is 11.5. The van der Waals surface area contributed by atoms with Crippen molar-refractivity contribution < 1.29 is 24.2 Å². The third-order valence-corrected chi connectivity index (χ3v) is 5.27. The van der Waals surface area contributed by atoms with Gasteiger partial charge in [-0.25, -0.2) is 4.79 Å². The molecule has 0 bridgehead atoms. The van der Waals surface area contributed by atoms with E-state index in [1.165, 1.54) is 0 Å². The molecule has 2 aromatic carbocycles. The fraction of sp³-hybridized carbons (Fsp3) is 0.370. The highest BCUT2D eigenvalue weighted by Crippen LogP contribution is 2.29. The Hall–Kier alpha value is -3.83. The molecule has 8 heteroatoms.